The lowest BCUT2D eigenvalue weighted by molar-refractivity contribution is -0.144. The van der Waals surface area contributed by atoms with Crippen LogP contribution >= 0.6 is 0 Å². The van der Waals surface area contributed by atoms with Crippen LogP contribution in [0.1, 0.15) is 84.5 Å². The average molecular weight is 1080 g/mol. The first-order chi connectivity index (χ1) is 33.0. The second-order valence-corrected chi connectivity index (χ2v) is 16.9. The number of nitrogens with zero attached hydrogens (tertiary/aromatic N) is 1. The standard InChI is InChI=1S/C32H12BF24.C15H26N/c34-25(35,36)13-1-14(26(37,38)39)6-21(5-13)33(22-7-15(27(40,41)42)2-16(8-22)28(43,44)45,23-9-17(29(46,47)48)3-18(10-23)30(49,50)51)24-11-19(31(52,53)54)4-20(12-24)32(55,56)57;1-4-12-16(13-5-2,14-6-3)15-10-8-7-9-11-15/h1-12H;7-11H,4-6,12-14H2,1-3H3/q-1;+1. The number of hydrogen-bond acceptors (Lipinski definition) is 0. The summed E-state index contributed by atoms with van der Waals surface area (Å²) in [4.78, 5) is 0. The molecular formula is C47H38BF24N. The van der Waals surface area contributed by atoms with Crippen molar-refractivity contribution in [2.24, 2.45) is 0 Å². The summed E-state index contributed by atoms with van der Waals surface area (Å²) in [5.74, 6) is 0. The van der Waals surface area contributed by atoms with Crippen molar-refractivity contribution in [2.75, 3.05) is 19.6 Å². The SMILES string of the molecule is CCC[N+](CCC)(CCC)c1ccccc1.FC(F)(F)c1cc([B-](c2cc(C(F)(F)F)cc(C(F)(F)F)c2)(c2cc(C(F)(F)F)cc(C(F)(F)F)c2)c2cc(C(F)(F)F)cc(C(F)(F)F)c2)cc(C(F)(F)F)c1. The first-order valence-electron chi connectivity index (χ1n) is 21.3. The minimum atomic E-state index is -6.13. The summed E-state index contributed by atoms with van der Waals surface area (Å²) < 4.78 is 342. The Morgan fingerprint density at radius 2 is 0.466 bits per heavy atom. The molecule has 5 rings (SSSR count). The van der Waals surface area contributed by atoms with E-state index in [0.29, 0.717) is 0 Å². The molecule has 5 aromatic rings. The molecular weight excluding hydrogens is 1050 g/mol. The van der Waals surface area contributed by atoms with Gasteiger partial charge in [0.25, 0.3) is 0 Å². The summed E-state index contributed by atoms with van der Waals surface area (Å²) in [6, 6.07) is 2.23. The molecule has 0 aliphatic carbocycles. The molecule has 1 nitrogen and oxygen atoms in total. The van der Waals surface area contributed by atoms with Crippen LogP contribution in [0, 0.1) is 0 Å². The van der Waals surface area contributed by atoms with E-state index in [0.717, 1.165) is 0 Å². The van der Waals surface area contributed by atoms with E-state index in [1.54, 1.807) is 0 Å². The number of benzene rings is 5. The van der Waals surface area contributed by atoms with Crippen LogP contribution in [-0.2, 0) is 49.4 Å². The quantitative estimate of drug-likeness (QED) is 0.0702. The molecule has 0 atom stereocenters. The Bertz CT molecular complexity index is 2210. The van der Waals surface area contributed by atoms with Crippen molar-refractivity contribution in [3.63, 3.8) is 0 Å². The number of para-hydroxylation sites is 1. The highest BCUT2D eigenvalue weighted by Crippen LogP contribution is 2.41. The molecule has 0 N–H and O–H groups in total. The molecule has 0 aliphatic heterocycles. The van der Waals surface area contributed by atoms with Gasteiger partial charge in [-0.15, -0.1) is 0 Å². The molecule has 0 unspecified atom stereocenters. The van der Waals surface area contributed by atoms with Crippen LogP contribution in [0.15, 0.2) is 103 Å². The van der Waals surface area contributed by atoms with Crippen LogP contribution in [0.3, 0.4) is 0 Å². The fourth-order valence-electron chi connectivity index (χ4n) is 8.82. The van der Waals surface area contributed by atoms with Gasteiger partial charge in [0.1, 0.15) is 11.8 Å². The Labute approximate surface area is 399 Å². The largest absolute Gasteiger partial charge is 0.416 e. The third kappa shape index (κ3) is 14.0. The normalized spacial score (nSPS) is 13.7. The summed E-state index contributed by atoms with van der Waals surface area (Å²) in [5.41, 5.74) is -28.7. The van der Waals surface area contributed by atoms with Crippen LogP contribution in [0.5, 0.6) is 0 Å². The minimum Gasteiger partial charge on any atom is -0.291 e. The molecule has 0 aromatic heterocycles. The predicted octanol–water partition coefficient (Wildman–Crippen LogP) is 15.4. The monoisotopic (exact) mass is 1080 g/mol. The maximum Gasteiger partial charge on any atom is 0.416 e. The molecule has 0 bridgehead atoms. The predicted molar refractivity (Wildman–Crippen MR) is 224 cm³/mol. The van der Waals surface area contributed by atoms with Gasteiger partial charge in [0, 0.05) is 0 Å². The number of halogens is 24. The van der Waals surface area contributed by atoms with Crippen LogP contribution in [0.2, 0.25) is 0 Å². The lowest BCUT2D eigenvalue weighted by Gasteiger charge is -2.46. The number of quaternary nitrogens is 1. The molecule has 0 spiro atoms. The van der Waals surface area contributed by atoms with Crippen molar-refractivity contribution in [1.29, 1.82) is 0 Å². The Morgan fingerprint density at radius 3 is 0.616 bits per heavy atom. The Hall–Kier alpha value is -5.56. The zero-order chi connectivity index (χ0) is 55.8. The maximum absolute atomic E-state index is 14.2. The van der Waals surface area contributed by atoms with Crippen LogP contribution in [0.4, 0.5) is 111 Å². The highest BCUT2D eigenvalue weighted by Gasteiger charge is 2.47. The van der Waals surface area contributed by atoms with E-state index in [-0.39, 0.29) is 0 Å². The second kappa shape index (κ2) is 21.0. The lowest BCUT2D eigenvalue weighted by Crippen LogP contribution is -2.75. The topological polar surface area (TPSA) is 0 Å². The van der Waals surface area contributed by atoms with Crippen LogP contribution in [-0.4, -0.2) is 25.8 Å². The molecule has 0 saturated carbocycles. The molecule has 0 amide bonds. The van der Waals surface area contributed by atoms with Gasteiger partial charge < -0.3 is 0 Å². The van der Waals surface area contributed by atoms with Gasteiger partial charge >= 0.3 is 49.4 Å². The summed E-state index contributed by atoms with van der Waals surface area (Å²) in [5, 5.41) is 0. The van der Waals surface area contributed by atoms with E-state index in [9.17, 15) is 105 Å². The summed E-state index contributed by atoms with van der Waals surface area (Å²) in [7, 11) is 0. The van der Waals surface area contributed by atoms with Gasteiger partial charge in [-0.25, -0.2) is 0 Å². The fraction of sp³-hybridized carbons (Fsp3) is 0.362. The van der Waals surface area contributed by atoms with E-state index in [1.807, 2.05) is 0 Å². The van der Waals surface area contributed by atoms with E-state index in [1.165, 1.54) is 49.1 Å². The van der Waals surface area contributed by atoms with Crippen LogP contribution < -0.4 is 26.3 Å². The van der Waals surface area contributed by atoms with Crippen molar-refractivity contribution in [3.8, 4) is 0 Å². The first kappa shape index (κ1) is 60.0. The van der Waals surface area contributed by atoms with E-state index in [4.69, 9.17) is 0 Å². The van der Waals surface area contributed by atoms with Gasteiger partial charge in [0.05, 0.1) is 64.1 Å². The van der Waals surface area contributed by atoms with E-state index in [2.05, 4.69) is 51.1 Å². The van der Waals surface area contributed by atoms with E-state index < -0.39 is 195 Å². The summed E-state index contributed by atoms with van der Waals surface area (Å²) >= 11 is 0. The number of alkyl halides is 24. The highest BCUT2D eigenvalue weighted by atomic mass is 19.4. The molecule has 73 heavy (non-hydrogen) atoms. The minimum absolute atomic E-state index is 0.691. The fourth-order valence-corrected chi connectivity index (χ4v) is 8.82. The Balaban J connectivity index is 0.000000613. The van der Waals surface area contributed by atoms with Crippen molar-refractivity contribution in [2.45, 2.75) is 89.4 Å². The molecule has 0 radical (unpaired) electrons. The highest BCUT2D eigenvalue weighted by molar-refractivity contribution is 7.20. The third-order valence-corrected chi connectivity index (χ3v) is 11.7. The van der Waals surface area contributed by atoms with Gasteiger partial charge in [-0.1, -0.05) is 87.5 Å². The van der Waals surface area contributed by atoms with Gasteiger partial charge in [0.15, 0.2) is 0 Å². The first-order valence-corrected chi connectivity index (χ1v) is 21.3. The molecule has 26 heteroatoms. The molecule has 5 aromatic carbocycles. The van der Waals surface area contributed by atoms with Gasteiger partial charge in [-0.05, 0) is 55.7 Å². The molecule has 0 aliphatic rings. The molecule has 0 saturated heterocycles. The summed E-state index contributed by atoms with van der Waals surface area (Å²) in [6.07, 6.45) is -51.0. The maximum atomic E-state index is 14.2. The van der Waals surface area contributed by atoms with Crippen molar-refractivity contribution in [1.82, 2.24) is 4.48 Å². The van der Waals surface area contributed by atoms with E-state index >= 15 is 0 Å². The van der Waals surface area contributed by atoms with Gasteiger partial charge in [0.2, 0.25) is 0 Å². The van der Waals surface area contributed by atoms with Crippen molar-refractivity contribution < 1.29 is 105 Å². The number of rotatable bonds is 11. The lowest BCUT2D eigenvalue weighted by atomic mass is 9.12. The molecule has 0 heterocycles. The molecule has 0 fully saturated rings. The van der Waals surface area contributed by atoms with Gasteiger partial charge in [-0.2, -0.15) is 127 Å². The third-order valence-electron chi connectivity index (χ3n) is 11.7. The van der Waals surface area contributed by atoms with Gasteiger partial charge in [-0.3, -0.25) is 4.48 Å². The van der Waals surface area contributed by atoms with Crippen molar-refractivity contribution in [3.05, 3.63) is 148 Å². The zero-order valence-electron chi connectivity index (χ0n) is 37.7. The zero-order valence-corrected chi connectivity index (χ0v) is 37.7. The van der Waals surface area contributed by atoms with Crippen molar-refractivity contribution >= 4 is 33.7 Å². The summed E-state index contributed by atoms with van der Waals surface area (Å²) in [6.45, 7) is 10.7. The Kier molecular flexibility index (Phi) is 17.3. The Morgan fingerprint density at radius 1 is 0.288 bits per heavy atom. The smallest absolute Gasteiger partial charge is 0.291 e. The number of hydrogen-bond donors (Lipinski definition) is 0. The molecule has 402 valence electrons. The van der Waals surface area contributed by atoms with Crippen LogP contribution in [0.25, 0.3) is 0 Å². The second-order valence-electron chi connectivity index (χ2n) is 16.9. The average Bonchev–Trinajstić information content (AvgIpc) is 3.25.